The Bertz CT molecular complexity index is 1170. The van der Waals surface area contributed by atoms with Crippen LogP contribution in [0, 0.1) is 0 Å². The molecule has 0 spiro atoms. The summed E-state index contributed by atoms with van der Waals surface area (Å²) < 4.78 is 38.1. The van der Waals surface area contributed by atoms with Crippen molar-refractivity contribution in [3.63, 3.8) is 0 Å². The Morgan fingerprint density at radius 3 is 2.29 bits per heavy atom. The summed E-state index contributed by atoms with van der Waals surface area (Å²) in [5, 5.41) is 2.89. The SMILES string of the molecule is COc1ccc(NC(=O)CN(c2ccccc2Cl)S(=O)(=O)c2ccccc2)c(OC)c1. The van der Waals surface area contributed by atoms with E-state index in [1.165, 1.54) is 26.4 Å². The highest BCUT2D eigenvalue weighted by Crippen LogP contribution is 2.32. The molecule has 0 aliphatic heterocycles. The van der Waals surface area contributed by atoms with Crippen molar-refractivity contribution in [3.8, 4) is 11.5 Å². The molecule has 3 aromatic carbocycles. The zero-order chi connectivity index (χ0) is 22.4. The Labute approximate surface area is 186 Å². The van der Waals surface area contributed by atoms with Gasteiger partial charge < -0.3 is 14.8 Å². The van der Waals surface area contributed by atoms with Gasteiger partial charge in [0.2, 0.25) is 5.91 Å². The van der Waals surface area contributed by atoms with Crippen molar-refractivity contribution in [2.24, 2.45) is 0 Å². The van der Waals surface area contributed by atoms with Crippen molar-refractivity contribution in [1.82, 2.24) is 0 Å². The number of hydrogen-bond acceptors (Lipinski definition) is 5. The summed E-state index contributed by atoms with van der Waals surface area (Å²) in [5.74, 6) is 0.366. The fourth-order valence-corrected chi connectivity index (χ4v) is 4.64. The Morgan fingerprint density at radius 2 is 1.65 bits per heavy atom. The molecule has 31 heavy (non-hydrogen) atoms. The molecule has 1 N–H and O–H groups in total. The zero-order valence-corrected chi connectivity index (χ0v) is 18.5. The second-order valence-corrected chi connectivity index (χ2v) is 8.66. The zero-order valence-electron chi connectivity index (χ0n) is 16.9. The first kappa shape index (κ1) is 22.5. The molecule has 0 atom stereocenters. The molecule has 0 radical (unpaired) electrons. The Balaban J connectivity index is 1.95. The molecule has 3 rings (SSSR count). The number of carbonyl (C=O) groups excluding carboxylic acids is 1. The predicted octanol–water partition coefficient (Wildman–Crippen LogP) is 4.19. The quantitative estimate of drug-likeness (QED) is 0.544. The molecule has 3 aromatic rings. The van der Waals surface area contributed by atoms with Gasteiger partial charge in [-0.15, -0.1) is 0 Å². The molecular weight excluding hydrogens is 440 g/mol. The summed E-state index contributed by atoms with van der Waals surface area (Å²) in [6.45, 7) is -0.490. The number of ether oxygens (including phenoxy) is 2. The molecule has 0 unspecified atom stereocenters. The predicted molar refractivity (Wildman–Crippen MR) is 121 cm³/mol. The van der Waals surface area contributed by atoms with Crippen LogP contribution in [0.25, 0.3) is 0 Å². The molecule has 0 heterocycles. The lowest BCUT2D eigenvalue weighted by molar-refractivity contribution is -0.114. The molecule has 1 amide bonds. The van der Waals surface area contributed by atoms with Gasteiger partial charge in [0.25, 0.3) is 10.0 Å². The van der Waals surface area contributed by atoms with Crippen molar-refractivity contribution < 1.29 is 22.7 Å². The molecule has 0 saturated carbocycles. The van der Waals surface area contributed by atoms with E-state index in [9.17, 15) is 13.2 Å². The average Bonchev–Trinajstić information content (AvgIpc) is 2.79. The van der Waals surface area contributed by atoms with Gasteiger partial charge >= 0.3 is 0 Å². The van der Waals surface area contributed by atoms with Crippen LogP contribution in [0.5, 0.6) is 11.5 Å². The van der Waals surface area contributed by atoms with Gasteiger partial charge in [0.15, 0.2) is 0 Å². The smallest absolute Gasteiger partial charge is 0.264 e. The molecule has 0 fully saturated rings. The minimum Gasteiger partial charge on any atom is -0.497 e. The minimum absolute atomic E-state index is 0.0461. The monoisotopic (exact) mass is 460 g/mol. The number of nitrogens with zero attached hydrogens (tertiary/aromatic N) is 1. The van der Waals surface area contributed by atoms with Crippen molar-refractivity contribution in [2.45, 2.75) is 4.90 Å². The summed E-state index contributed by atoms with van der Waals surface area (Å²) in [6, 6.07) is 19.2. The number of para-hydroxylation sites is 1. The van der Waals surface area contributed by atoms with E-state index >= 15 is 0 Å². The second kappa shape index (κ2) is 9.72. The number of nitrogens with one attached hydrogen (secondary N) is 1. The summed E-state index contributed by atoms with van der Waals surface area (Å²) in [5.41, 5.74) is 0.578. The van der Waals surface area contributed by atoms with Crippen LogP contribution in [0.15, 0.2) is 77.7 Å². The van der Waals surface area contributed by atoms with E-state index in [-0.39, 0.29) is 15.6 Å². The summed E-state index contributed by atoms with van der Waals surface area (Å²) in [6.07, 6.45) is 0. The molecule has 0 aromatic heterocycles. The molecule has 0 aliphatic rings. The highest BCUT2D eigenvalue weighted by Gasteiger charge is 2.28. The lowest BCUT2D eigenvalue weighted by atomic mass is 10.2. The van der Waals surface area contributed by atoms with E-state index in [0.717, 1.165) is 4.31 Å². The van der Waals surface area contributed by atoms with Crippen LogP contribution < -0.4 is 19.1 Å². The van der Waals surface area contributed by atoms with Crippen molar-refractivity contribution >= 4 is 38.9 Å². The van der Waals surface area contributed by atoms with E-state index in [1.54, 1.807) is 60.7 Å². The maximum absolute atomic E-state index is 13.3. The summed E-state index contributed by atoms with van der Waals surface area (Å²) >= 11 is 6.27. The van der Waals surface area contributed by atoms with Crippen molar-refractivity contribution in [2.75, 3.05) is 30.4 Å². The van der Waals surface area contributed by atoms with Crippen molar-refractivity contribution in [3.05, 3.63) is 77.8 Å². The fraction of sp³-hybridized carbons (Fsp3) is 0.136. The third kappa shape index (κ3) is 5.10. The number of benzene rings is 3. The third-order valence-corrected chi connectivity index (χ3v) is 6.52. The van der Waals surface area contributed by atoms with E-state index in [2.05, 4.69) is 5.32 Å². The first-order valence-electron chi connectivity index (χ1n) is 9.21. The fourth-order valence-electron chi connectivity index (χ4n) is 2.90. The van der Waals surface area contributed by atoms with E-state index in [1.807, 2.05) is 0 Å². The number of anilines is 2. The number of sulfonamides is 1. The molecule has 9 heteroatoms. The van der Waals surface area contributed by atoms with E-state index in [4.69, 9.17) is 21.1 Å². The van der Waals surface area contributed by atoms with E-state index < -0.39 is 22.5 Å². The second-order valence-electron chi connectivity index (χ2n) is 6.39. The Kier molecular flexibility index (Phi) is 7.04. The third-order valence-electron chi connectivity index (χ3n) is 4.42. The van der Waals surface area contributed by atoms with Gasteiger partial charge in [0.05, 0.1) is 35.5 Å². The molecule has 0 bridgehead atoms. The molecule has 7 nitrogen and oxygen atoms in total. The van der Waals surface area contributed by atoms with Gasteiger partial charge in [-0.2, -0.15) is 0 Å². The largest absolute Gasteiger partial charge is 0.497 e. The summed E-state index contributed by atoms with van der Waals surface area (Å²) in [7, 11) is -1.08. The Morgan fingerprint density at radius 1 is 0.968 bits per heavy atom. The first-order chi connectivity index (χ1) is 14.9. The number of methoxy groups -OCH3 is 2. The lowest BCUT2D eigenvalue weighted by Gasteiger charge is -2.25. The van der Waals surface area contributed by atoms with Crippen LogP contribution in [0.4, 0.5) is 11.4 Å². The van der Waals surface area contributed by atoms with Gasteiger partial charge in [-0.25, -0.2) is 8.42 Å². The number of amides is 1. The molecule has 0 saturated heterocycles. The van der Waals surface area contributed by atoms with Crippen LogP contribution in [0.1, 0.15) is 0 Å². The van der Waals surface area contributed by atoms with Crippen LogP contribution in [-0.4, -0.2) is 35.1 Å². The van der Waals surface area contributed by atoms with Crippen molar-refractivity contribution in [1.29, 1.82) is 0 Å². The molecular formula is C22H21ClN2O5S. The summed E-state index contributed by atoms with van der Waals surface area (Å²) in [4.78, 5) is 12.9. The highest BCUT2D eigenvalue weighted by molar-refractivity contribution is 7.92. The van der Waals surface area contributed by atoms with Gasteiger partial charge in [0.1, 0.15) is 18.0 Å². The Hall–Kier alpha value is -3.23. The van der Waals surface area contributed by atoms with Gasteiger partial charge in [0, 0.05) is 6.07 Å². The van der Waals surface area contributed by atoms with Gasteiger partial charge in [-0.3, -0.25) is 9.10 Å². The maximum atomic E-state index is 13.3. The average molecular weight is 461 g/mol. The lowest BCUT2D eigenvalue weighted by Crippen LogP contribution is -2.38. The van der Waals surface area contributed by atoms with Crippen LogP contribution in [0.2, 0.25) is 5.02 Å². The molecule has 162 valence electrons. The normalized spacial score (nSPS) is 10.9. The van der Waals surface area contributed by atoms with Crippen LogP contribution in [0.3, 0.4) is 0 Å². The van der Waals surface area contributed by atoms with Crippen LogP contribution >= 0.6 is 11.6 Å². The number of halogens is 1. The van der Waals surface area contributed by atoms with Gasteiger partial charge in [-0.05, 0) is 36.4 Å². The number of hydrogen-bond donors (Lipinski definition) is 1. The maximum Gasteiger partial charge on any atom is 0.264 e. The van der Waals surface area contributed by atoms with E-state index in [0.29, 0.717) is 17.2 Å². The number of rotatable bonds is 8. The molecule has 0 aliphatic carbocycles. The standard InChI is InChI=1S/C22H21ClN2O5S/c1-29-16-12-13-19(21(14-16)30-2)24-22(26)15-25(20-11-7-6-10-18(20)23)31(27,28)17-8-4-3-5-9-17/h3-14H,15H2,1-2H3,(H,24,26). The number of carbonyl (C=O) groups is 1. The topological polar surface area (TPSA) is 84.9 Å². The minimum atomic E-state index is -4.05. The van der Waals surface area contributed by atoms with Crippen LogP contribution in [-0.2, 0) is 14.8 Å². The van der Waals surface area contributed by atoms with Gasteiger partial charge in [-0.1, -0.05) is 41.9 Å². The highest BCUT2D eigenvalue weighted by atomic mass is 35.5. The first-order valence-corrected chi connectivity index (χ1v) is 11.0.